The Morgan fingerprint density at radius 2 is 1.12 bits per heavy atom. The van der Waals surface area contributed by atoms with Gasteiger partial charge in [-0.25, -0.2) is 0 Å². The predicted molar refractivity (Wildman–Crippen MR) is 145 cm³/mol. The first-order chi connectivity index (χ1) is 16.1. The van der Waals surface area contributed by atoms with Gasteiger partial charge in [-0.1, -0.05) is 120 Å². The van der Waals surface area contributed by atoms with Gasteiger partial charge in [0, 0.05) is 16.7 Å². The van der Waals surface area contributed by atoms with Crippen molar-refractivity contribution in [3.8, 4) is 5.75 Å². The summed E-state index contributed by atoms with van der Waals surface area (Å²) in [5.74, 6) is 0.918. The van der Waals surface area contributed by atoms with Crippen LogP contribution in [-0.2, 0) is 16.4 Å². The van der Waals surface area contributed by atoms with E-state index < -0.39 is 5.60 Å². The van der Waals surface area contributed by atoms with Gasteiger partial charge >= 0.3 is 0 Å². The molecule has 172 valence electrons. The molecule has 0 aromatic heterocycles. The SMILES string of the molecule is CC(C)(C)c1ccc(C2(c3ccc(C(C)(C)C)cc3)C=Cc3c(ccc4ccccc34)O2)cc1. The minimum absolute atomic E-state index is 0.106. The molecule has 0 fully saturated rings. The molecule has 0 aliphatic carbocycles. The van der Waals surface area contributed by atoms with Gasteiger partial charge in [-0.2, -0.15) is 0 Å². The summed E-state index contributed by atoms with van der Waals surface area (Å²) < 4.78 is 6.96. The fraction of sp³-hybridized carbons (Fsp3) is 0.273. The zero-order valence-electron chi connectivity index (χ0n) is 21.1. The van der Waals surface area contributed by atoms with Crippen molar-refractivity contribution in [2.24, 2.45) is 0 Å². The van der Waals surface area contributed by atoms with E-state index in [0.717, 1.165) is 22.4 Å². The summed E-state index contributed by atoms with van der Waals surface area (Å²) in [6.07, 6.45) is 4.48. The van der Waals surface area contributed by atoms with Gasteiger partial charge in [-0.15, -0.1) is 0 Å². The Morgan fingerprint density at radius 1 is 0.588 bits per heavy atom. The molecule has 5 rings (SSSR count). The summed E-state index contributed by atoms with van der Waals surface area (Å²) >= 11 is 0. The topological polar surface area (TPSA) is 9.23 Å². The lowest BCUT2D eigenvalue weighted by molar-refractivity contribution is 0.161. The van der Waals surface area contributed by atoms with Crippen molar-refractivity contribution in [2.75, 3.05) is 0 Å². The van der Waals surface area contributed by atoms with E-state index in [-0.39, 0.29) is 10.8 Å². The summed E-state index contributed by atoms with van der Waals surface area (Å²) in [7, 11) is 0. The molecule has 1 heteroatoms. The highest BCUT2D eigenvalue weighted by atomic mass is 16.5. The molecule has 34 heavy (non-hydrogen) atoms. The van der Waals surface area contributed by atoms with Crippen molar-refractivity contribution in [1.29, 1.82) is 0 Å². The molecule has 0 saturated heterocycles. The number of rotatable bonds is 2. The Hall–Kier alpha value is -3.32. The minimum atomic E-state index is -0.678. The molecule has 1 aliphatic heterocycles. The summed E-state index contributed by atoms with van der Waals surface area (Å²) in [5, 5.41) is 2.45. The van der Waals surface area contributed by atoms with E-state index in [1.165, 1.54) is 21.9 Å². The second-order valence-electron chi connectivity index (χ2n) is 11.5. The van der Waals surface area contributed by atoms with E-state index in [1.807, 2.05) is 0 Å². The summed E-state index contributed by atoms with van der Waals surface area (Å²) in [6, 6.07) is 30.7. The number of hydrogen-bond donors (Lipinski definition) is 0. The highest BCUT2D eigenvalue weighted by Gasteiger charge is 2.37. The van der Waals surface area contributed by atoms with Gasteiger partial charge in [-0.05, 0) is 50.9 Å². The monoisotopic (exact) mass is 446 g/mol. The van der Waals surface area contributed by atoms with Crippen LogP contribution in [0.2, 0.25) is 0 Å². The van der Waals surface area contributed by atoms with Gasteiger partial charge in [0.1, 0.15) is 5.75 Å². The fourth-order valence-electron chi connectivity index (χ4n) is 4.86. The van der Waals surface area contributed by atoms with Crippen LogP contribution in [-0.4, -0.2) is 0 Å². The molecular weight excluding hydrogens is 412 g/mol. The number of benzene rings is 4. The predicted octanol–water partition coefficient (Wildman–Crippen LogP) is 8.78. The summed E-state index contributed by atoms with van der Waals surface area (Å²) in [5.41, 5.74) is 5.59. The van der Waals surface area contributed by atoms with Crippen LogP contribution in [0.15, 0.2) is 91.0 Å². The quantitative estimate of drug-likeness (QED) is 0.299. The first kappa shape index (κ1) is 22.5. The molecule has 0 spiro atoms. The molecule has 4 aromatic carbocycles. The number of hydrogen-bond acceptors (Lipinski definition) is 1. The molecule has 0 N–H and O–H groups in total. The third kappa shape index (κ3) is 3.84. The Bertz CT molecular complexity index is 1300. The molecule has 0 unspecified atom stereocenters. The molecule has 1 heterocycles. The van der Waals surface area contributed by atoms with E-state index in [9.17, 15) is 0 Å². The smallest absolute Gasteiger partial charge is 0.178 e. The van der Waals surface area contributed by atoms with E-state index in [1.54, 1.807) is 0 Å². The van der Waals surface area contributed by atoms with Crippen molar-refractivity contribution in [1.82, 2.24) is 0 Å². The Balaban J connectivity index is 1.68. The molecule has 1 aliphatic rings. The van der Waals surface area contributed by atoms with Gasteiger partial charge in [-0.3, -0.25) is 0 Å². The second kappa shape index (κ2) is 7.87. The maximum absolute atomic E-state index is 6.96. The average Bonchev–Trinajstić information content (AvgIpc) is 2.82. The first-order valence-electron chi connectivity index (χ1n) is 12.2. The first-order valence-corrected chi connectivity index (χ1v) is 12.2. The van der Waals surface area contributed by atoms with Crippen molar-refractivity contribution in [3.63, 3.8) is 0 Å². The third-order valence-corrected chi connectivity index (χ3v) is 7.05. The summed E-state index contributed by atoms with van der Waals surface area (Å²) in [4.78, 5) is 0. The zero-order chi connectivity index (χ0) is 24.1. The maximum Gasteiger partial charge on any atom is 0.178 e. The van der Waals surface area contributed by atoms with Crippen LogP contribution in [0.5, 0.6) is 5.75 Å². The van der Waals surface area contributed by atoms with Crippen LogP contribution >= 0.6 is 0 Å². The van der Waals surface area contributed by atoms with Gasteiger partial charge in [0.2, 0.25) is 0 Å². The lowest BCUT2D eigenvalue weighted by Gasteiger charge is -2.37. The molecule has 4 aromatic rings. The molecule has 0 amide bonds. The summed E-state index contributed by atoms with van der Waals surface area (Å²) in [6.45, 7) is 13.5. The normalized spacial score (nSPS) is 15.1. The molecular formula is C33H34O. The van der Waals surface area contributed by atoms with E-state index >= 15 is 0 Å². The molecule has 1 nitrogen and oxygen atoms in total. The van der Waals surface area contributed by atoms with Crippen molar-refractivity contribution in [3.05, 3.63) is 119 Å². The average molecular weight is 447 g/mol. The van der Waals surface area contributed by atoms with Crippen LogP contribution in [0.3, 0.4) is 0 Å². The second-order valence-corrected chi connectivity index (χ2v) is 11.5. The van der Waals surface area contributed by atoms with Crippen LogP contribution in [0, 0.1) is 0 Å². The van der Waals surface area contributed by atoms with Gasteiger partial charge in [0.05, 0.1) is 0 Å². The fourth-order valence-corrected chi connectivity index (χ4v) is 4.86. The molecule has 0 radical (unpaired) electrons. The largest absolute Gasteiger partial charge is 0.473 e. The molecule has 0 bridgehead atoms. The van der Waals surface area contributed by atoms with Crippen LogP contribution in [0.4, 0.5) is 0 Å². The lowest BCUT2D eigenvalue weighted by atomic mass is 9.79. The van der Waals surface area contributed by atoms with E-state index in [2.05, 4.69) is 139 Å². The molecule has 0 atom stereocenters. The zero-order valence-corrected chi connectivity index (χ0v) is 21.1. The van der Waals surface area contributed by atoms with Crippen molar-refractivity contribution >= 4 is 16.8 Å². The third-order valence-electron chi connectivity index (χ3n) is 7.05. The Kier molecular flexibility index (Phi) is 5.20. The Labute approximate surface area is 204 Å². The number of fused-ring (bicyclic) bond motifs is 3. The van der Waals surface area contributed by atoms with Crippen molar-refractivity contribution in [2.45, 2.75) is 58.0 Å². The highest BCUT2D eigenvalue weighted by molar-refractivity contribution is 5.94. The lowest BCUT2D eigenvalue weighted by Crippen LogP contribution is -2.34. The van der Waals surface area contributed by atoms with Crippen LogP contribution in [0.1, 0.15) is 69.4 Å². The van der Waals surface area contributed by atoms with Crippen LogP contribution < -0.4 is 4.74 Å². The number of ether oxygens (including phenoxy) is 1. The van der Waals surface area contributed by atoms with Crippen LogP contribution in [0.25, 0.3) is 16.8 Å². The van der Waals surface area contributed by atoms with E-state index in [4.69, 9.17) is 4.74 Å². The van der Waals surface area contributed by atoms with E-state index in [0.29, 0.717) is 0 Å². The maximum atomic E-state index is 6.96. The molecule has 0 saturated carbocycles. The van der Waals surface area contributed by atoms with Gasteiger partial charge < -0.3 is 4.74 Å². The minimum Gasteiger partial charge on any atom is -0.473 e. The van der Waals surface area contributed by atoms with Crippen molar-refractivity contribution < 1.29 is 4.74 Å². The standard InChI is InChI=1S/C33H34O/c1-31(2,3)24-12-16-26(17-13-24)33(27-18-14-25(15-19-27)32(4,5)6)22-21-29-28-10-8-7-9-23(28)11-20-30(29)34-33/h7-22H,1-6H3. The van der Waals surface area contributed by atoms with Gasteiger partial charge in [0.25, 0.3) is 0 Å². The highest BCUT2D eigenvalue weighted by Crippen LogP contribution is 2.44. The van der Waals surface area contributed by atoms with Gasteiger partial charge in [0.15, 0.2) is 5.60 Å². The Morgan fingerprint density at radius 3 is 1.65 bits per heavy atom.